The van der Waals surface area contributed by atoms with Gasteiger partial charge in [-0.25, -0.2) is 8.42 Å². The molecule has 0 saturated carbocycles. The van der Waals surface area contributed by atoms with Crippen molar-refractivity contribution in [3.05, 3.63) is 29.8 Å². The maximum Gasteiger partial charge on any atom is 0.324 e. The molecule has 0 unspecified atom stereocenters. The molecule has 1 amide bonds. The molecule has 28 heavy (non-hydrogen) atoms. The first-order valence-electron chi connectivity index (χ1n) is 9.30. The van der Waals surface area contributed by atoms with Crippen LogP contribution in [0.3, 0.4) is 0 Å². The Kier molecular flexibility index (Phi) is 7.97. The van der Waals surface area contributed by atoms with Crippen LogP contribution < -0.4 is 4.72 Å². The molecule has 156 valence electrons. The first-order chi connectivity index (χ1) is 13.2. The molecule has 1 aromatic carbocycles. The van der Waals surface area contributed by atoms with Crippen LogP contribution in [0.1, 0.15) is 25.8 Å². The average molecular weight is 413 g/mol. The van der Waals surface area contributed by atoms with E-state index < -0.39 is 28.6 Å². The maximum atomic E-state index is 12.6. The van der Waals surface area contributed by atoms with Gasteiger partial charge in [-0.05, 0) is 31.4 Å². The summed E-state index contributed by atoms with van der Waals surface area (Å²) in [5.41, 5.74) is 0.929. The number of aryl methyl sites for hydroxylation is 1. The van der Waals surface area contributed by atoms with E-state index in [-0.39, 0.29) is 23.1 Å². The summed E-state index contributed by atoms with van der Waals surface area (Å²) in [5, 5.41) is 0. The molecule has 1 saturated heterocycles. The molecule has 2 rings (SSSR count). The first-order valence-corrected chi connectivity index (χ1v) is 10.8. The maximum absolute atomic E-state index is 12.6. The van der Waals surface area contributed by atoms with Crippen LogP contribution in [0.15, 0.2) is 29.2 Å². The molecule has 0 radical (unpaired) electrons. The Morgan fingerprint density at radius 1 is 1.18 bits per heavy atom. The van der Waals surface area contributed by atoms with E-state index in [2.05, 4.69) is 4.72 Å². The SMILES string of the molecule is Cc1ccc(S(=O)(=O)N[C@@H](CC(C)C)C(=O)OCC(=O)N2CCOCC2)cc1. The largest absolute Gasteiger partial charge is 0.454 e. The summed E-state index contributed by atoms with van der Waals surface area (Å²) >= 11 is 0. The first kappa shape index (κ1) is 22.3. The Hall–Kier alpha value is -1.97. The summed E-state index contributed by atoms with van der Waals surface area (Å²) in [7, 11) is -3.89. The molecule has 8 nitrogen and oxygen atoms in total. The van der Waals surface area contributed by atoms with Gasteiger partial charge in [0, 0.05) is 13.1 Å². The third-order valence-corrected chi connectivity index (χ3v) is 5.81. The van der Waals surface area contributed by atoms with Crippen molar-refractivity contribution in [2.75, 3.05) is 32.9 Å². The number of morpholine rings is 1. The van der Waals surface area contributed by atoms with Crippen LogP contribution >= 0.6 is 0 Å². The lowest BCUT2D eigenvalue weighted by Crippen LogP contribution is -2.45. The van der Waals surface area contributed by atoms with Crippen molar-refractivity contribution in [1.82, 2.24) is 9.62 Å². The van der Waals surface area contributed by atoms with Crippen LogP contribution in [0, 0.1) is 12.8 Å². The molecule has 0 aromatic heterocycles. The second kappa shape index (κ2) is 9.99. The zero-order valence-electron chi connectivity index (χ0n) is 16.5. The highest BCUT2D eigenvalue weighted by molar-refractivity contribution is 7.89. The molecular formula is C19H28N2O6S. The van der Waals surface area contributed by atoms with Crippen molar-refractivity contribution >= 4 is 21.9 Å². The molecule has 1 aliphatic heterocycles. The highest BCUT2D eigenvalue weighted by Crippen LogP contribution is 2.14. The summed E-state index contributed by atoms with van der Waals surface area (Å²) in [6.07, 6.45) is 0.260. The van der Waals surface area contributed by atoms with E-state index in [1.165, 1.54) is 12.1 Å². The molecular weight excluding hydrogens is 384 g/mol. The summed E-state index contributed by atoms with van der Waals surface area (Å²) in [6, 6.07) is 5.27. The van der Waals surface area contributed by atoms with Crippen molar-refractivity contribution in [3.8, 4) is 0 Å². The van der Waals surface area contributed by atoms with Gasteiger partial charge in [0.1, 0.15) is 6.04 Å². The fourth-order valence-corrected chi connectivity index (χ4v) is 3.97. The number of amides is 1. The number of hydrogen-bond acceptors (Lipinski definition) is 6. The molecule has 1 aromatic rings. The highest BCUT2D eigenvalue weighted by atomic mass is 32.2. The van der Waals surface area contributed by atoms with E-state index in [0.29, 0.717) is 26.3 Å². The predicted molar refractivity (Wildman–Crippen MR) is 103 cm³/mol. The Balaban J connectivity index is 2.02. The number of ether oxygens (including phenoxy) is 2. The molecule has 0 bridgehead atoms. The zero-order chi connectivity index (χ0) is 20.7. The van der Waals surface area contributed by atoms with Crippen LogP contribution in [-0.2, 0) is 29.1 Å². The van der Waals surface area contributed by atoms with Crippen LogP contribution in [-0.4, -0.2) is 64.1 Å². The molecule has 1 heterocycles. The van der Waals surface area contributed by atoms with Gasteiger partial charge in [0.15, 0.2) is 6.61 Å². The second-order valence-electron chi connectivity index (χ2n) is 7.22. The van der Waals surface area contributed by atoms with Gasteiger partial charge in [-0.15, -0.1) is 0 Å². The molecule has 9 heteroatoms. The Morgan fingerprint density at radius 3 is 2.36 bits per heavy atom. The summed E-state index contributed by atoms with van der Waals surface area (Å²) < 4.78 is 38.0. The van der Waals surface area contributed by atoms with Crippen LogP contribution in [0.25, 0.3) is 0 Å². The molecule has 1 atom stereocenters. The van der Waals surface area contributed by atoms with Crippen LogP contribution in [0.5, 0.6) is 0 Å². The van der Waals surface area contributed by atoms with E-state index >= 15 is 0 Å². The molecule has 0 aliphatic carbocycles. The van der Waals surface area contributed by atoms with Crippen LogP contribution in [0.4, 0.5) is 0 Å². The number of esters is 1. The lowest BCUT2D eigenvalue weighted by molar-refractivity contribution is -0.155. The number of sulfonamides is 1. The minimum Gasteiger partial charge on any atom is -0.454 e. The summed E-state index contributed by atoms with van der Waals surface area (Å²) in [5.74, 6) is -1.03. The number of carbonyl (C=O) groups is 2. The fourth-order valence-electron chi connectivity index (χ4n) is 2.77. The van der Waals surface area contributed by atoms with Gasteiger partial charge in [0.25, 0.3) is 5.91 Å². The summed E-state index contributed by atoms with van der Waals surface area (Å²) in [6.45, 7) is 6.99. The molecule has 1 aliphatic rings. The highest BCUT2D eigenvalue weighted by Gasteiger charge is 2.29. The van der Waals surface area contributed by atoms with Gasteiger partial charge < -0.3 is 14.4 Å². The molecule has 1 fully saturated rings. The number of carbonyl (C=O) groups excluding carboxylic acids is 2. The number of benzene rings is 1. The smallest absolute Gasteiger partial charge is 0.324 e. The van der Waals surface area contributed by atoms with Gasteiger partial charge in [-0.1, -0.05) is 31.5 Å². The minimum absolute atomic E-state index is 0.0493. The van der Waals surface area contributed by atoms with Crippen molar-refractivity contribution in [2.45, 2.75) is 38.1 Å². The summed E-state index contributed by atoms with van der Waals surface area (Å²) in [4.78, 5) is 26.3. The number of nitrogens with zero attached hydrogens (tertiary/aromatic N) is 1. The minimum atomic E-state index is -3.89. The fraction of sp³-hybridized carbons (Fsp3) is 0.579. The van der Waals surface area contributed by atoms with Crippen molar-refractivity contribution in [1.29, 1.82) is 0 Å². The monoisotopic (exact) mass is 412 g/mol. The zero-order valence-corrected chi connectivity index (χ0v) is 17.3. The van der Waals surface area contributed by atoms with E-state index in [1.807, 2.05) is 20.8 Å². The predicted octanol–water partition coefficient (Wildman–Crippen LogP) is 1.09. The average Bonchev–Trinajstić information content (AvgIpc) is 2.65. The quantitative estimate of drug-likeness (QED) is 0.642. The van der Waals surface area contributed by atoms with Crippen molar-refractivity contribution in [3.63, 3.8) is 0 Å². The number of rotatable bonds is 8. The third kappa shape index (κ3) is 6.57. The van der Waals surface area contributed by atoms with Crippen molar-refractivity contribution < 1.29 is 27.5 Å². The van der Waals surface area contributed by atoms with Gasteiger partial charge in [-0.3, -0.25) is 9.59 Å². The van der Waals surface area contributed by atoms with E-state index in [0.717, 1.165) is 5.56 Å². The second-order valence-corrected chi connectivity index (χ2v) is 8.93. The van der Waals surface area contributed by atoms with Gasteiger partial charge in [0.05, 0.1) is 18.1 Å². The van der Waals surface area contributed by atoms with E-state index in [4.69, 9.17) is 9.47 Å². The van der Waals surface area contributed by atoms with Gasteiger partial charge >= 0.3 is 5.97 Å². The Labute approximate surface area is 166 Å². The van der Waals surface area contributed by atoms with Crippen LogP contribution in [0.2, 0.25) is 0 Å². The normalized spacial score (nSPS) is 16.1. The van der Waals surface area contributed by atoms with Crippen molar-refractivity contribution in [2.24, 2.45) is 5.92 Å². The third-order valence-electron chi connectivity index (χ3n) is 4.32. The lowest BCUT2D eigenvalue weighted by Gasteiger charge is -2.27. The number of nitrogens with one attached hydrogen (secondary N) is 1. The standard InChI is InChI=1S/C19H28N2O6S/c1-14(2)12-17(20-28(24,25)16-6-4-15(3)5-7-16)19(23)27-13-18(22)21-8-10-26-11-9-21/h4-7,14,17,20H,8-13H2,1-3H3/t17-/m0/s1. The lowest BCUT2D eigenvalue weighted by atomic mass is 10.1. The van der Waals surface area contributed by atoms with Gasteiger partial charge in [-0.2, -0.15) is 4.72 Å². The van der Waals surface area contributed by atoms with E-state index in [9.17, 15) is 18.0 Å². The Bertz CT molecular complexity index is 770. The Morgan fingerprint density at radius 2 is 1.79 bits per heavy atom. The molecule has 1 N–H and O–H groups in total. The molecule has 0 spiro atoms. The van der Waals surface area contributed by atoms with E-state index in [1.54, 1.807) is 17.0 Å². The number of hydrogen-bond donors (Lipinski definition) is 1. The van der Waals surface area contributed by atoms with Gasteiger partial charge in [0.2, 0.25) is 10.0 Å². The topological polar surface area (TPSA) is 102 Å².